The number of aromatic nitrogens is 1. The van der Waals surface area contributed by atoms with Gasteiger partial charge in [-0.2, -0.15) is 20.1 Å². The molecule has 0 spiro atoms. The quantitative estimate of drug-likeness (QED) is 0.656. The number of ether oxygens (including phenoxy) is 3. The molecule has 0 radical (unpaired) electrons. The topological polar surface area (TPSA) is 66.6 Å². The minimum Gasteiger partial charge on any atom is -0.325 e. The molecule has 0 saturated carbocycles. The molecule has 2 N–H and O–H groups in total. The summed E-state index contributed by atoms with van der Waals surface area (Å²) in [5.41, 5.74) is 5.92. The van der Waals surface area contributed by atoms with Crippen LogP contribution in [0.15, 0.2) is 35.2 Å². The number of alkyl halides is 2. The summed E-state index contributed by atoms with van der Waals surface area (Å²) in [6.07, 6.45) is 0.986. The Labute approximate surface area is 185 Å². The Morgan fingerprint density at radius 2 is 1.68 bits per heavy atom. The van der Waals surface area contributed by atoms with Gasteiger partial charge in [0.25, 0.3) is 5.92 Å². The van der Waals surface area contributed by atoms with Crippen molar-refractivity contribution in [2.75, 3.05) is 19.8 Å². The molecule has 2 aromatic heterocycles. The molecule has 1 atom stereocenters. The van der Waals surface area contributed by atoms with Gasteiger partial charge in [0.1, 0.15) is 11.2 Å². The van der Waals surface area contributed by atoms with Gasteiger partial charge in [-0.15, -0.1) is 0 Å². The third-order valence-corrected chi connectivity index (χ3v) is 6.50. The zero-order valence-electron chi connectivity index (χ0n) is 18.4. The Hall–Kier alpha value is -1.45. The van der Waals surface area contributed by atoms with Crippen molar-refractivity contribution in [1.29, 1.82) is 0 Å². The van der Waals surface area contributed by atoms with Crippen molar-refractivity contribution in [3.05, 3.63) is 40.8 Å². The zero-order chi connectivity index (χ0) is 22.5. The number of halogens is 2. The summed E-state index contributed by atoms with van der Waals surface area (Å²) in [7, 11) is 0. The van der Waals surface area contributed by atoms with Gasteiger partial charge in [0.05, 0.1) is 19.8 Å². The number of hydrogen-bond acceptors (Lipinski definition) is 6. The average Bonchev–Trinajstić information content (AvgIpc) is 3.22. The molecule has 170 valence electrons. The van der Waals surface area contributed by atoms with Crippen LogP contribution in [0.4, 0.5) is 8.78 Å². The van der Waals surface area contributed by atoms with Gasteiger partial charge in [-0.05, 0) is 40.3 Å². The maximum atomic E-state index is 15.5. The Balaban J connectivity index is 1.63. The first kappa shape index (κ1) is 22.7. The SMILES string of the molecule is CC(C)(C)C[C@](N)(CC(F)(F)c1ccc(-c2ccsc2)cn1)C12OCC(C)(CO1)CO2. The average molecular weight is 453 g/mol. The van der Waals surface area contributed by atoms with Crippen LogP contribution in [-0.2, 0) is 20.1 Å². The van der Waals surface area contributed by atoms with E-state index in [2.05, 4.69) is 4.98 Å². The van der Waals surface area contributed by atoms with Crippen LogP contribution in [-0.4, -0.2) is 36.3 Å². The summed E-state index contributed by atoms with van der Waals surface area (Å²) in [5, 5.41) is 3.89. The van der Waals surface area contributed by atoms with E-state index in [-0.39, 0.29) is 22.9 Å². The molecular weight excluding hydrogens is 422 g/mol. The maximum absolute atomic E-state index is 15.5. The summed E-state index contributed by atoms with van der Waals surface area (Å²) < 4.78 is 48.8. The van der Waals surface area contributed by atoms with Gasteiger partial charge in [0.2, 0.25) is 0 Å². The van der Waals surface area contributed by atoms with Crippen LogP contribution < -0.4 is 5.73 Å². The smallest absolute Gasteiger partial charge is 0.302 e. The minimum absolute atomic E-state index is 0.222. The molecule has 3 fully saturated rings. The first-order valence-electron chi connectivity index (χ1n) is 10.4. The summed E-state index contributed by atoms with van der Waals surface area (Å²) in [4.78, 5) is 4.08. The molecule has 5 rings (SSSR count). The lowest BCUT2D eigenvalue weighted by Crippen LogP contribution is -2.73. The number of pyridine rings is 1. The van der Waals surface area contributed by atoms with Crippen molar-refractivity contribution in [3.63, 3.8) is 0 Å². The highest BCUT2D eigenvalue weighted by Crippen LogP contribution is 2.51. The van der Waals surface area contributed by atoms with Crippen molar-refractivity contribution >= 4 is 11.3 Å². The molecule has 5 heterocycles. The fourth-order valence-corrected chi connectivity index (χ4v) is 5.08. The van der Waals surface area contributed by atoms with Crippen molar-refractivity contribution in [2.24, 2.45) is 16.6 Å². The van der Waals surface area contributed by atoms with E-state index >= 15 is 8.78 Å². The van der Waals surface area contributed by atoms with E-state index in [0.29, 0.717) is 19.8 Å². The van der Waals surface area contributed by atoms with Gasteiger partial charge in [-0.1, -0.05) is 33.8 Å². The highest BCUT2D eigenvalue weighted by Gasteiger charge is 2.64. The third-order valence-electron chi connectivity index (χ3n) is 5.82. The predicted octanol–water partition coefficient (Wildman–Crippen LogP) is 5.16. The van der Waals surface area contributed by atoms with Gasteiger partial charge >= 0.3 is 5.97 Å². The molecule has 0 unspecified atom stereocenters. The summed E-state index contributed by atoms with van der Waals surface area (Å²) in [5.74, 6) is -4.99. The maximum Gasteiger partial charge on any atom is 0.302 e. The van der Waals surface area contributed by atoms with E-state index in [9.17, 15) is 0 Å². The van der Waals surface area contributed by atoms with Gasteiger partial charge < -0.3 is 19.9 Å². The molecule has 0 amide bonds. The minimum atomic E-state index is -3.30. The first-order chi connectivity index (χ1) is 14.4. The molecular formula is C23H30F2N2O3S. The van der Waals surface area contributed by atoms with Gasteiger partial charge in [0.15, 0.2) is 0 Å². The van der Waals surface area contributed by atoms with Crippen molar-refractivity contribution < 1.29 is 23.0 Å². The van der Waals surface area contributed by atoms with Crippen LogP contribution in [0.25, 0.3) is 11.1 Å². The molecule has 0 aromatic carbocycles. The largest absolute Gasteiger partial charge is 0.325 e. The predicted molar refractivity (Wildman–Crippen MR) is 116 cm³/mol. The number of nitrogens with two attached hydrogens (primary N) is 1. The van der Waals surface area contributed by atoms with Crippen LogP contribution in [0.5, 0.6) is 0 Å². The second-order valence-corrected chi connectivity index (χ2v) is 11.2. The van der Waals surface area contributed by atoms with Crippen molar-refractivity contribution in [3.8, 4) is 11.1 Å². The molecule has 2 bridgehead atoms. The Morgan fingerprint density at radius 3 is 2.16 bits per heavy atom. The van der Waals surface area contributed by atoms with Crippen molar-refractivity contribution in [2.45, 2.75) is 58.0 Å². The van der Waals surface area contributed by atoms with Gasteiger partial charge in [-0.25, -0.2) is 0 Å². The molecule has 2 aromatic rings. The van der Waals surface area contributed by atoms with Gasteiger partial charge in [-0.3, -0.25) is 4.98 Å². The normalized spacial score (nSPS) is 28.5. The van der Waals surface area contributed by atoms with Crippen LogP contribution in [0.1, 0.15) is 46.2 Å². The monoisotopic (exact) mass is 452 g/mol. The Morgan fingerprint density at radius 1 is 1.03 bits per heavy atom. The third kappa shape index (κ3) is 4.41. The van der Waals surface area contributed by atoms with Crippen LogP contribution in [0, 0.1) is 10.8 Å². The highest BCUT2D eigenvalue weighted by atomic mass is 32.1. The number of fused-ring (bicyclic) bond motifs is 3. The van der Waals surface area contributed by atoms with E-state index in [1.807, 2.05) is 44.5 Å². The zero-order valence-corrected chi connectivity index (χ0v) is 19.2. The summed E-state index contributed by atoms with van der Waals surface area (Å²) in [6.45, 7) is 8.90. The van der Waals surface area contributed by atoms with Crippen LogP contribution >= 0.6 is 11.3 Å². The van der Waals surface area contributed by atoms with E-state index in [1.54, 1.807) is 17.4 Å². The first-order valence-corrected chi connectivity index (χ1v) is 11.4. The van der Waals surface area contributed by atoms with Gasteiger partial charge in [0, 0.05) is 23.6 Å². The van der Waals surface area contributed by atoms with Crippen molar-refractivity contribution in [1.82, 2.24) is 4.98 Å². The molecule has 3 aliphatic heterocycles. The molecule has 3 aliphatic rings. The lowest BCUT2D eigenvalue weighted by Gasteiger charge is -2.58. The van der Waals surface area contributed by atoms with E-state index in [1.165, 1.54) is 12.3 Å². The van der Waals surface area contributed by atoms with Crippen LogP contribution in [0.2, 0.25) is 0 Å². The lowest BCUT2D eigenvalue weighted by atomic mass is 9.74. The van der Waals surface area contributed by atoms with E-state index < -0.39 is 23.9 Å². The lowest BCUT2D eigenvalue weighted by molar-refractivity contribution is -0.491. The summed E-state index contributed by atoms with van der Waals surface area (Å²) >= 11 is 1.54. The number of hydrogen-bond donors (Lipinski definition) is 1. The van der Waals surface area contributed by atoms with Crippen LogP contribution in [0.3, 0.4) is 0 Å². The number of nitrogens with zero attached hydrogens (tertiary/aromatic N) is 1. The fourth-order valence-electron chi connectivity index (χ4n) is 4.41. The molecule has 8 heteroatoms. The molecule has 3 saturated heterocycles. The molecule has 0 aliphatic carbocycles. The number of rotatable bonds is 6. The highest BCUT2D eigenvalue weighted by molar-refractivity contribution is 7.08. The molecule has 31 heavy (non-hydrogen) atoms. The standard InChI is InChI=1S/C23H30F2N2O3S/c1-19(2,3)11-21(26,23-28-13-20(4,14-29-23)15-30-23)12-22(24,25)18-6-5-16(9-27-18)17-7-8-31-10-17/h5-10H,11-15,26H2,1-4H3/t20?,21-,23?/m0/s1. The van der Waals surface area contributed by atoms with E-state index in [4.69, 9.17) is 19.9 Å². The Kier molecular flexibility index (Phi) is 5.54. The second kappa shape index (κ2) is 7.56. The fraction of sp³-hybridized carbons (Fsp3) is 0.609. The summed E-state index contributed by atoms with van der Waals surface area (Å²) in [6, 6.07) is 4.96. The van der Waals surface area contributed by atoms with E-state index in [0.717, 1.165) is 11.1 Å². The number of thiophene rings is 1. The second-order valence-electron chi connectivity index (χ2n) is 10.5. The Bertz CT molecular complexity index is 887. The molecule has 5 nitrogen and oxygen atoms in total.